The van der Waals surface area contributed by atoms with Crippen LogP contribution in [0.1, 0.15) is 12.5 Å². The summed E-state index contributed by atoms with van der Waals surface area (Å²) in [6.07, 6.45) is -1.39. The van der Waals surface area contributed by atoms with Crippen LogP contribution in [0.5, 0.6) is 0 Å². The Bertz CT molecular complexity index is 1000. The molecule has 0 radical (unpaired) electrons. The normalized spacial score (nSPS) is 26.9. The molecular weight excluding hydrogens is 451 g/mol. The van der Waals surface area contributed by atoms with Crippen molar-refractivity contribution in [2.45, 2.75) is 18.6 Å². The number of halogens is 2. The van der Waals surface area contributed by atoms with E-state index in [9.17, 15) is 41.9 Å². The van der Waals surface area contributed by atoms with Crippen LogP contribution in [0.15, 0.2) is 15.8 Å². The van der Waals surface area contributed by atoms with Gasteiger partial charge in [-0.2, -0.15) is 4.39 Å². The second-order valence-corrected chi connectivity index (χ2v) is 13.2. The van der Waals surface area contributed by atoms with Gasteiger partial charge in [-0.05, 0) is 6.42 Å². The molecule has 5 N–H and O–H groups in total. The highest BCUT2D eigenvalue weighted by Gasteiger charge is 2.45. The predicted octanol–water partition coefficient (Wildman–Crippen LogP) is 0.140. The molecule has 0 aromatic carbocycles. The lowest BCUT2D eigenvalue weighted by molar-refractivity contribution is 0.00363. The zero-order valence-corrected chi connectivity index (χ0v) is 16.6. The molecule has 0 bridgehead atoms. The molecule has 1 heterocycles. The molecule has 28 heavy (non-hydrogen) atoms. The Morgan fingerprint density at radius 3 is 2.32 bits per heavy atom. The van der Waals surface area contributed by atoms with Crippen LogP contribution in [0, 0.1) is 11.7 Å². The third-order valence-corrected chi connectivity index (χ3v) is 10.9. The third-order valence-electron chi connectivity index (χ3n) is 3.94. The number of aromatic nitrogens is 2. The average Bonchev–Trinajstić information content (AvgIpc) is 2.46. The molecule has 2 unspecified atom stereocenters. The van der Waals surface area contributed by atoms with Gasteiger partial charge in [-0.1, -0.05) is 0 Å². The summed E-state index contributed by atoms with van der Waals surface area (Å²) < 4.78 is 67.0. The van der Waals surface area contributed by atoms with Crippen LogP contribution in [0.25, 0.3) is 0 Å². The molecule has 1 aliphatic carbocycles. The number of nitrogens with zero attached hydrogens (tertiary/aromatic N) is 1. The molecule has 1 saturated carbocycles. The summed E-state index contributed by atoms with van der Waals surface area (Å²) in [5.74, 6) is -5.24. The number of hydrogen-bond donors (Lipinski definition) is 5. The molecule has 12 nitrogen and oxygen atoms in total. The van der Waals surface area contributed by atoms with Crippen molar-refractivity contribution in [3.8, 4) is 0 Å². The van der Waals surface area contributed by atoms with E-state index in [1.54, 1.807) is 4.98 Å². The first-order chi connectivity index (χ1) is 12.6. The van der Waals surface area contributed by atoms with Crippen LogP contribution in [0.2, 0.25) is 0 Å². The van der Waals surface area contributed by atoms with Crippen LogP contribution in [0.3, 0.4) is 0 Å². The van der Waals surface area contributed by atoms with Crippen LogP contribution in [-0.4, -0.2) is 53.7 Å². The monoisotopic (exact) mass is 468 g/mol. The minimum absolute atomic E-state index is 0.119. The van der Waals surface area contributed by atoms with Crippen molar-refractivity contribution in [3.63, 3.8) is 0 Å². The Balaban J connectivity index is 1.96. The maximum Gasteiger partial charge on any atom is 0.337 e. The van der Waals surface area contributed by atoms with Crippen LogP contribution in [-0.2, 0) is 18.2 Å². The van der Waals surface area contributed by atoms with Gasteiger partial charge in [-0.3, -0.25) is 28.0 Å². The largest absolute Gasteiger partial charge is 0.343 e. The van der Waals surface area contributed by atoms with Gasteiger partial charge in [0, 0.05) is 5.92 Å². The van der Waals surface area contributed by atoms with Crippen molar-refractivity contribution in [2.75, 3.05) is 18.4 Å². The van der Waals surface area contributed by atoms with Gasteiger partial charge in [0.2, 0.25) is 13.2 Å². The molecular formula is C11H17F2N2O10P3. The molecule has 1 aliphatic rings. The molecule has 2 rings (SSSR count). The zero-order chi connectivity index (χ0) is 21.5. The van der Waals surface area contributed by atoms with E-state index in [-0.39, 0.29) is 6.42 Å². The zero-order valence-electron chi connectivity index (χ0n) is 13.9. The van der Waals surface area contributed by atoms with E-state index in [2.05, 4.69) is 4.52 Å². The van der Waals surface area contributed by atoms with Gasteiger partial charge in [-0.15, -0.1) is 0 Å². The van der Waals surface area contributed by atoms with Gasteiger partial charge in [0.1, 0.15) is 18.0 Å². The van der Waals surface area contributed by atoms with Crippen molar-refractivity contribution in [3.05, 3.63) is 32.9 Å². The molecule has 1 aromatic heterocycles. The smallest absolute Gasteiger partial charge is 0.337 e. The molecule has 1 fully saturated rings. The second kappa shape index (κ2) is 8.04. The van der Waals surface area contributed by atoms with Crippen LogP contribution >= 0.6 is 22.6 Å². The van der Waals surface area contributed by atoms with Crippen LogP contribution in [0.4, 0.5) is 8.78 Å². The number of rotatable bonds is 8. The summed E-state index contributed by atoms with van der Waals surface area (Å²) in [7, 11) is -14.4. The highest BCUT2D eigenvalue weighted by molar-refractivity contribution is 7.79. The average molecular weight is 468 g/mol. The van der Waals surface area contributed by atoms with Gasteiger partial charge < -0.3 is 24.1 Å². The summed E-state index contributed by atoms with van der Waals surface area (Å²) in [5.41, 5.74) is -2.30. The molecule has 0 aliphatic heterocycles. The second-order valence-electron chi connectivity index (χ2n) is 6.38. The Morgan fingerprint density at radius 1 is 1.18 bits per heavy atom. The lowest BCUT2D eigenvalue weighted by Gasteiger charge is -2.40. The number of hydrogen-bond acceptors (Lipinski definition) is 6. The minimum atomic E-state index is -4.92. The fraction of sp³-hybridized carbons (Fsp3) is 0.636. The van der Waals surface area contributed by atoms with E-state index in [1.165, 1.54) is 0 Å². The van der Waals surface area contributed by atoms with Crippen LogP contribution < -0.4 is 11.2 Å². The van der Waals surface area contributed by atoms with Crippen molar-refractivity contribution < 1.29 is 46.6 Å². The number of H-pyrrole nitrogens is 1. The number of alkyl halides is 1. The lowest BCUT2D eigenvalue weighted by atomic mass is 9.78. The first-order valence-electron chi connectivity index (χ1n) is 7.57. The van der Waals surface area contributed by atoms with Gasteiger partial charge >= 0.3 is 20.9 Å². The van der Waals surface area contributed by atoms with Gasteiger partial charge in [-0.25, -0.2) is 9.18 Å². The number of nitrogens with one attached hydrogen (secondary N) is 1. The molecule has 1 aromatic rings. The SMILES string of the molecule is O=c1[nH]c(=O)n([C@H]2C[C@@H](COP(=O)(O)CP(=O)(O)CP(=O)(O)O)[C@@H]2F)cc1F. The maximum atomic E-state index is 14.2. The van der Waals surface area contributed by atoms with E-state index in [0.29, 0.717) is 10.8 Å². The van der Waals surface area contributed by atoms with E-state index in [0.717, 1.165) is 0 Å². The van der Waals surface area contributed by atoms with E-state index in [1.807, 2.05) is 0 Å². The summed E-state index contributed by atoms with van der Waals surface area (Å²) in [4.78, 5) is 60.6. The molecule has 0 saturated heterocycles. The predicted molar refractivity (Wildman–Crippen MR) is 90.7 cm³/mol. The van der Waals surface area contributed by atoms with Gasteiger partial charge in [0.05, 0.1) is 18.8 Å². The fourth-order valence-electron chi connectivity index (χ4n) is 2.69. The quantitative estimate of drug-likeness (QED) is 0.327. The summed E-state index contributed by atoms with van der Waals surface area (Å²) in [5, 5.41) is 0. The Hall–Kier alpha value is -0.970. The maximum absolute atomic E-state index is 14.2. The standard InChI is InChI=1S/C11H17F2N2O10P3/c12-7-2-15(11(17)14-10(7)16)8-1-6(9(8)13)3-25-28(23,24)5-26(18,19)4-27(20,21)22/h2,6,8-9H,1,3-5H2,(H,18,19)(H,23,24)(H,14,16,17)(H2,20,21,22)/t6-,8-,9-/m0/s1. The number of aromatic amines is 1. The van der Waals surface area contributed by atoms with Crippen molar-refractivity contribution in [2.24, 2.45) is 5.92 Å². The topological polar surface area (TPSA) is 196 Å². The first-order valence-corrected chi connectivity index (χ1v) is 13.2. The van der Waals surface area contributed by atoms with Gasteiger partial charge in [0.15, 0.2) is 0 Å². The molecule has 17 heteroatoms. The first kappa shape index (κ1) is 23.3. The highest BCUT2D eigenvalue weighted by atomic mass is 31.3. The lowest BCUT2D eigenvalue weighted by Crippen LogP contribution is -2.47. The summed E-state index contributed by atoms with van der Waals surface area (Å²) >= 11 is 0. The van der Waals surface area contributed by atoms with E-state index in [4.69, 9.17) is 9.79 Å². The Kier molecular flexibility index (Phi) is 6.70. The molecule has 5 atom stereocenters. The Morgan fingerprint density at radius 2 is 1.79 bits per heavy atom. The van der Waals surface area contributed by atoms with Crippen molar-refractivity contribution in [1.29, 1.82) is 0 Å². The molecule has 0 amide bonds. The highest BCUT2D eigenvalue weighted by Crippen LogP contribution is 2.63. The molecule has 0 spiro atoms. The molecule has 160 valence electrons. The van der Waals surface area contributed by atoms with Crippen molar-refractivity contribution >= 4 is 22.6 Å². The van der Waals surface area contributed by atoms with Crippen molar-refractivity contribution in [1.82, 2.24) is 9.55 Å². The summed E-state index contributed by atoms with van der Waals surface area (Å²) in [6, 6.07) is -1.15. The van der Waals surface area contributed by atoms with Gasteiger partial charge in [0.25, 0.3) is 5.56 Å². The van der Waals surface area contributed by atoms with E-state index < -0.39 is 76.2 Å². The third kappa shape index (κ3) is 6.01. The van der Waals surface area contributed by atoms with E-state index >= 15 is 0 Å². The summed E-state index contributed by atoms with van der Waals surface area (Å²) in [6.45, 7) is -0.693. The Labute approximate surface area is 155 Å². The fourth-order valence-corrected chi connectivity index (χ4v) is 9.14. The minimum Gasteiger partial charge on any atom is -0.343 e.